The zero-order valence-electron chi connectivity index (χ0n) is 14.9. The number of hydrogen-bond donors (Lipinski definition) is 1. The molecular weight excluding hydrogens is 334 g/mol. The normalized spacial score (nSPS) is 14.3. The van der Waals surface area contributed by atoms with Gasteiger partial charge in [-0.1, -0.05) is 13.3 Å². The maximum absolute atomic E-state index is 12.3. The van der Waals surface area contributed by atoms with Crippen molar-refractivity contribution in [3.8, 4) is 0 Å². The highest BCUT2D eigenvalue weighted by atomic mass is 16.3. The van der Waals surface area contributed by atoms with Gasteiger partial charge in [0.25, 0.3) is 11.8 Å². The van der Waals surface area contributed by atoms with Gasteiger partial charge >= 0.3 is 0 Å². The molecule has 2 aromatic heterocycles. The zero-order chi connectivity index (χ0) is 18.4. The Balaban J connectivity index is 1.53. The predicted molar refractivity (Wildman–Crippen MR) is 96.1 cm³/mol. The van der Waals surface area contributed by atoms with E-state index in [0.29, 0.717) is 50.0 Å². The van der Waals surface area contributed by atoms with Crippen LogP contribution in [0.3, 0.4) is 0 Å². The van der Waals surface area contributed by atoms with E-state index in [4.69, 9.17) is 4.42 Å². The van der Waals surface area contributed by atoms with E-state index in [-0.39, 0.29) is 11.8 Å². The summed E-state index contributed by atoms with van der Waals surface area (Å²) in [7, 11) is 0. The lowest BCUT2D eigenvalue weighted by molar-refractivity contribution is 0.0714. The van der Waals surface area contributed by atoms with Crippen LogP contribution in [0.4, 0.5) is 5.95 Å². The predicted octanol–water partition coefficient (Wildman–Crippen LogP) is 1.56. The fourth-order valence-electron chi connectivity index (χ4n) is 2.75. The van der Waals surface area contributed by atoms with Crippen molar-refractivity contribution in [1.29, 1.82) is 0 Å². The molecule has 138 valence electrons. The lowest BCUT2D eigenvalue weighted by atomic mass is 10.3. The van der Waals surface area contributed by atoms with E-state index in [1.54, 1.807) is 29.4 Å². The van der Waals surface area contributed by atoms with Crippen LogP contribution < -0.4 is 10.2 Å². The van der Waals surface area contributed by atoms with Gasteiger partial charge in [-0.15, -0.1) is 0 Å². The van der Waals surface area contributed by atoms with E-state index in [1.165, 1.54) is 6.26 Å². The molecule has 0 spiro atoms. The summed E-state index contributed by atoms with van der Waals surface area (Å²) in [6, 6.07) is 3.37. The quantitative estimate of drug-likeness (QED) is 0.789. The molecule has 0 aromatic carbocycles. The summed E-state index contributed by atoms with van der Waals surface area (Å²) in [5.74, 6) is 0.668. The SMILES string of the molecule is CCCCNC(=O)c1cnc(N2CCN(C(=O)c3ccco3)CC2)nc1. The minimum Gasteiger partial charge on any atom is -0.459 e. The molecule has 0 radical (unpaired) electrons. The lowest BCUT2D eigenvalue weighted by Crippen LogP contribution is -2.49. The first-order valence-electron chi connectivity index (χ1n) is 8.87. The van der Waals surface area contributed by atoms with Gasteiger partial charge in [-0.25, -0.2) is 9.97 Å². The molecule has 8 nitrogen and oxygen atoms in total. The van der Waals surface area contributed by atoms with Crippen molar-refractivity contribution >= 4 is 17.8 Å². The number of anilines is 1. The number of rotatable bonds is 6. The molecule has 2 aromatic rings. The molecule has 1 aliphatic rings. The van der Waals surface area contributed by atoms with Crippen LogP contribution in [0.2, 0.25) is 0 Å². The Morgan fingerprint density at radius 1 is 1.19 bits per heavy atom. The van der Waals surface area contributed by atoms with Crippen molar-refractivity contribution in [3.63, 3.8) is 0 Å². The molecule has 0 atom stereocenters. The molecule has 0 unspecified atom stereocenters. The largest absolute Gasteiger partial charge is 0.459 e. The van der Waals surface area contributed by atoms with E-state index in [9.17, 15) is 9.59 Å². The van der Waals surface area contributed by atoms with Crippen LogP contribution in [0.1, 0.15) is 40.7 Å². The van der Waals surface area contributed by atoms with Gasteiger partial charge in [0.15, 0.2) is 5.76 Å². The molecule has 3 heterocycles. The van der Waals surface area contributed by atoms with Crippen molar-refractivity contribution in [2.75, 3.05) is 37.6 Å². The average molecular weight is 357 g/mol. The van der Waals surface area contributed by atoms with Gasteiger partial charge in [-0.2, -0.15) is 0 Å². The first-order valence-corrected chi connectivity index (χ1v) is 8.87. The average Bonchev–Trinajstić information content (AvgIpc) is 3.23. The molecular formula is C18H23N5O3. The van der Waals surface area contributed by atoms with Crippen LogP contribution in [-0.4, -0.2) is 59.4 Å². The standard InChI is InChI=1S/C18H23N5O3/c1-2-3-6-19-16(24)14-12-20-18(21-13-14)23-9-7-22(8-10-23)17(25)15-5-4-11-26-15/h4-5,11-13H,2-3,6-10H2,1H3,(H,19,24). The highest BCUT2D eigenvalue weighted by Crippen LogP contribution is 2.13. The second-order valence-corrected chi connectivity index (χ2v) is 6.14. The van der Waals surface area contributed by atoms with E-state index >= 15 is 0 Å². The second kappa shape index (κ2) is 8.46. The molecule has 1 N–H and O–H groups in total. The number of nitrogens with one attached hydrogen (secondary N) is 1. The van der Waals surface area contributed by atoms with E-state index in [1.807, 2.05) is 4.90 Å². The molecule has 3 rings (SSSR count). The first-order chi connectivity index (χ1) is 12.7. The Morgan fingerprint density at radius 2 is 1.92 bits per heavy atom. The molecule has 1 saturated heterocycles. The van der Waals surface area contributed by atoms with Gasteiger partial charge in [-0.3, -0.25) is 9.59 Å². The number of piperazine rings is 1. The third-order valence-electron chi connectivity index (χ3n) is 4.30. The maximum atomic E-state index is 12.3. The highest BCUT2D eigenvalue weighted by molar-refractivity contribution is 5.93. The van der Waals surface area contributed by atoms with Gasteiger partial charge in [-0.05, 0) is 18.6 Å². The molecule has 0 saturated carbocycles. The third kappa shape index (κ3) is 4.19. The molecule has 1 fully saturated rings. The molecule has 1 aliphatic heterocycles. The van der Waals surface area contributed by atoms with Gasteiger partial charge in [0.1, 0.15) is 0 Å². The van der Waals surface area contributed by atoms with Gasteiger partial charge in [0.05, 0.1) is 11.8 Å². The summed E-state index contributed by atoms with van der Waals surface area (Å²) in [5, 5.41) is 2.84. The van der Waals surface area contributed by atoms with Crippen LogP contribution in [0.15, 0.2) is 35.2 Å². The number of furan rings is 1. The summed E-state index contributed by atoms with van der Waals surface area (Å²) in [5.41, 5.74) is 0.455. The van der Waals surface area contributed by atoms with Gasteiger partial charge in [0.2, 0.25) is 5.95 Å². The van der Waals surface area contributed by atoms with E-state index in [0.717, 1.165) is 12.8 Å². The molecule has 8 heteroatoms. The van der Waals surface area contributed by atoms with Crippen molar-refractivity contribution in [2.45, 2.75) is 19.8 Å². The molecule has 0 aliphatic carbocycles. The Hall–Kier alpha value is -2.90. The number of aromatic nitrogens is 2. The highest BCUT2D eigenvalue weighted by Gasteiger charge is 2.24. The summed E-state index contributed by atoms with van der Waals surface area (Å²) in [6.07, 6.45) is 6.57. The zero-order valence-corrected chi connectivity index (χ0v) is 14.9. The molecule has 26 heavy (non-hydrogen) atoms. The number of hydrogen-bond acceptors (Lipinski definition) is 6. The van der Waals surface area contributed by atoms with Crippen LogP contribution >= 0.6 is 0 Å². The summed E-state index contributed by atoms with van der Waals surface area (Å²) >= 11 is 0. The molecule has 2 amide bonds. The topological polar surface area (TPSA) is 91.6 Å². The van der Waals surface area contributed by atoms with Crippen LogP contribution in [0, 0.1) is 0 Å². The van der Waals surface area contributed by atoms with Crippen LogP contribution in [-0.2, 0) is 0 Å². The summed E-state index contributed by atoms with van der Waals surface area (Å²) in [4.78, 5) is 36.6. The Morgan fingerprint density at radius 3 is 2.54 bits per heavy atom. The Labute approximate surface area is 152 Å². The number of unbranched alkanes of at least 4 members (excludes halogenated alkanes) is 1. The van der Waals surface area contributed by atoms with Gasteiger partial charge in [0, 0.05) is 45.1 Å². The Bertz CT molecular complexity index is 722. The number of nitrogens with zero attached hydrogens (tertiary/aromatic N) is 4. The maximum Gasteiger partial charge on any atom is 0.289 e. The minimum atomic E-state index is -0.154. The fraction of sp³-hybridized carbons (Fsp3) is 0.444. The van der Waals surface area contributed by atoms with Crippen LogP contribution in [0.25, 0.3) is 0 Å². The molecule has 0 bridgehead atoms. The van der Waals surface area contributed by atoms with Gasteiger partial charge < -0.3 is 19.5 Å². The third-order valence-corrected chi connectivity index (χ3v) is 4.30. The van der Waals surface area contributed by atoms with Crippen molar-refractivity contribution in [2.24, 2.45) is 0 Å². The van der Waals surface area contributed by atoms with E-state index in [2.05, 4.69) is 22.2 Å². The van der Waals surface area contributed by atoms with E-state index < -0.39 is 0 Å². The van der Waals surface area contributed by atoms with Crippen LogP contribution in [0.5, 0.6) is 0 Å². The summed E-state index contributed by atoms with van der Waals surface area (Å²) in [6.45, 7) is 5.14. The summed E-state index contributed by atoms with van der Waals surface area (Å²) < 4.78 is 5.16. The lowest BCUT2D eigenvalue weighted by Gasteiger charge is -2.34. The first kappa shape index (κ1) is 17.9. The Kier molecular flexibility index (Phi) is 5.83. The minimum absolute atomic E-state index is 0.102. The number of carbonyl (C=O) groups is 2. The monoisotopic (exact) mass is 357 g/mol. The second-order valence-electron chi connectivity index (χ2n) is 6.14. The smallest absolute Gasteiger partial charge is 0.289 e. The number of carbonyl (C=O) groups excluding carboxylic acids is 2. The van der Waals surface area contributed by atoms with Crippen molar-refractivity contribution in [3.05, 3.63) is 42.1 Å². The number of amides is 2. The van der Waals surface area contributed by atoms with Crippen molar-refractivity contribution < 1.29 is 14.0 Å². The fourth-order valence-corrected chi connectivity index (χ4v) is 2.75. The van der Waals surface area contributed by atoms with Crippen molar-refractivity contribution in [1.82, 2.24) is 20.2 Å².